The molecular weight excluding hydrogens is 310 g/mol. The molecule has 0 spiro atoms. The van der Waals surface area contributed by atoms with Gasteiger partial charge in [-0.25, -0.2) is 0 Å². The van der Waals surface area contributed by atoms with Gasteiger partial charge in [0.05, 0.1) is 12.0 Å². The third-order valence-electron chi connectivity index (χ3n) is 4.14. The van der Waals surface area contributed by atoms with Gasteiger partial charge in [-0.1, -0.05) is 13.8 Å². The highest BCUT2D eigenvalue weighted by Gasteiger charge is 2.31. The Morgan fingerprint density at radius 2 is 1.79 bits per heavy atom. The number of nitrogens with zero attached hydrogens (tertiary/aromatic N) is 2. The van der Waals surface area contributed by atoms with Crippen molar-refractivity contribution in [2.75, 3.05) is 0 Å². The Balaban J connectivity index is 2.15. The average molecular weight is 331 g/mol. The molecule has 0 fully saturated rings. The molecule has 1 aromatic heterocycles. The summed E-state index contributed by atoms with van der Waals surface area (Å²) in [6, 6.07) is 6.75. The van der Waals surface area contributed by atoms with E-state index in [1.807, 2.05) is 13.8 Å². The maximum Gasteiger partial charge on any atom is 0.305 e. The van der Waals surface area contributed by atoms with Gasteiger partial charge in [0.2, 0.25) is 11.8 Å². The number of aryl methyl sites for hydroxylation is 1. The Morgan fingerprint density at radius 3 is 2.25 bits per heavy atom. The first-order valence-electron chi connectivity index (χ1n) is 7.84. The second kappa shape index (κ2) is 7.25. The van der Waals surface area contributed by atoms with E-state index < -0.39 is 11.5 Å². The predicted octanol–water partition coefficient (Wildman–Crippen LogP) is 2.81. The van der Waals surface area contributed by atoms with Crippen molar-refractivity contribution < 1.29 is 19.1 Å². The van der Waals surface area contributed by atoms with Crippen molar-refractivity contribution in [3.63, 3.8) is 0 Å². The fourth-order valence-electron chi connectivity index (χ4n) is 2.50. The Kier molecular flexibility index (Phi) is 5.33. The van der Waals surface area contributed by atoms with E-state index in [0.29, 0.717) is 30.2 Å². The molecular formula is C17H21N3O4. The maximum absolute atomic E-state index is 12.5. The molecule has 7 heteroatoms. The van der Waals surface area contributed by atoms with Gasteiger partial charge in [-0.3, -0.25) is 9.59 Å². The van der Waals surface area contributed by atoms with Crippen molar-refractivity contribution >= 4 is 11.9 Å². The Hall–Kier alpha value is -2.70. The van der Waals surface area contributed by atoms with Crippen LogP contribution in [0.1, 0.15) is 49.4 Å². The van der Waals surface area contributed by atoms with Crippen LogP contribution in [0.4, 0.5) is 0 Å². The molecule has 2 aromatic rings. The van der Waals surface area contributed by atoms with E-state index in [4.69, 9.17) is 9.52 Å². The van der Waals surface area contributed by atoms with Gasteiger partial charge in [0.1, 0.15) is 0 Å². The highest BCUT2D eigenvalue weighted by atomic mass is 16.4. The van der Waals surface area contributed by atoms with Crippen LogP contribution in [0.5, 0.6) is 0 Å². The summed E-state index contributed by atoms with van der Waals surface area (Å²) in [7, 11) is 0. The molecule has 0 saturated carbocycles. The number of hydrogen-bond donors (Lipinski definition) is 2. The molecule has 1 heterocycles. The molecule has 0 atom stereocenters. The lowest BCUT2D eigenvalue weighted by atomic mass is 9.88. The summed E-state index contributed by atoms with van der Waals surface area (Å²) in [5, 5.41) is 19.6. The van der Waals surface area contributed by atoms with Crippen LogP contribution in [0.3, 0.4) is 0 Å². The summed E-state index contributed by atoms with van der Waals surface area (Å²) in [6.45, 7) is 5.44. The Bertz CT molecular complexity index is 718. The highest BCUT2D eigenvalue weighted by Crippen LogP contribution is 2.22. The number of amides is 1. The van der Waals surface area contributed by atoms with E-state index in [9.17, 15) is 9.59 Å². The van der Waals surface area contributed by atoms with E-state index >= 15 is 0 Å². The standard InChI is InChI=1S/C17H21N3O4/c1-4-17(5-2,10-14(21)22)18-15(23)12-6-8-13(9-7-12)16-20-19-11(3)24-16/h6-9H,4-5,10H2,1-3H3,(H,18,23)(H,21,22). The molecule has 2 rings (SSSR count). The van der Waals surface area contributed by atoms with Crippen LogP contribution in [0, 0.1) is 6.92 Å². The normalized spacial score (nSPS) is 11.3. The lowest BCUT2D eigenvalue weighted by molar-refractivity contribution is -0.138. The lowest BCUT2D eigenvalue weighted by Crippen LogP contribution is -2.49. The van der Waals surface area contributed by atoms with Crippen molar-refractivity contribution in [2.24, 2.45) is 0 Å². The van der Waals surface area contributed by atoms with Crippen LogP contribution < -0.4 is 5.32 Å². The second-order valence-electron chi connectivity index (χ2n) is 5.72. The SMILES string of the molecule is CCC(CC)(CC(=O)O)NC(=O)c1ccc(-c2nnc(C)o2)cc1. The predicted molar refractivity (Wildman–Crippen MR) is 87.5 cm³/mol. The third kappa shape index (κ3) is 3.98. The molecule has 0 aliphatic heterocycles. The van der Waals surface area contributed by atoms with Gasteiger partial charge in [-0.2, -0.15) is 0 Å². The van der Waals surface area contributed by atoms with Gasteiger partial charge in [-0.05, 0) is 37.1 Å². The molecule has 0 radical (unpaired) electrons. The minimum atomic E-state index is -0.930. The van der Waals surface area contributed by atoms with Gasteiger partial charge in [-0.15, -0.1) is 10.2 Å². The van der Waals surface area contributed by atoms with Gasteiger partial charge >= 0.3 is 5.97 Å². The molecule has 0 saturated heterocycles. The first kappa shape index (κ1) is 17.7. The van der Waals surface area contributed by atoms with Gasteiger partial charge < -0.3 is 14.8 Å². The summed E-state index contributed by atoms with van der Waals surface area (Å²) in [4.78, 5) is 23.5. The third-order valence-corrected chi connectivity index (χ3v) is 4.14. The zero-order chi connectivity index (χ0) is 17.7. The van der Waals surface area contributed by atoms with Gasteiger partial charge in [0.25, 0.3) is 5.91 Å². The summed E-state index contributed by atoms with van der Waals surface area (Å²) < 4.78 is 5.34. The van der Waals surface area contributed by atoms with Crippen molar-refractivity contribution in [3.8, 4) is 11.5 Å². The molecule has 1 aromatic carbocycles. The van der Waals surface area contributed by atoms with Crippen molar-refractivity contribution in [3.05, 3.63) is 35.7 Å². The maximum atomic E-state index is 12.5. The van der Waals surface area contributed by atoms with Crippen molar-refractivity contribution in [1.29, 1.82) is 0 Å². The number of nitrogens with one attached hydrogen (secondary N) is 1. The lowest BCUT2D eigenvalue weighted by Gasteiger charge is -2.31. The molecule has 7 nitrogen and oxygen atoms in total. The number of carbonyl (C=O) groups excluding carboxylic acids is 1. The summed E-state index contributed by atoms with van der Waals surface area (Å²) in [5.41, 5.74) is 0.423. The summed E-state index contributed by atoms with van der Waals surface area (Å²) >= 11 is 0. The van der Waals surface area contributed by atoms with E-state index in [1.54, 1.807) is 31.2 Å². The summed E-state index contributed by atoms with van der Waals surface area (Å²) in [5.74, 6) is -0.368. The number of carbonyl (C=O) groups is 2. The topological polar surface area (TPSA) is 105 Å². The fraction of sp³-hybridized carbons (Fsp3) is 0.412. The van der Waals surface area contributed by atoms with E-state index in [-0.39, 0.29) is 12.3 Å². The van der Waals surface area contributed by atoms with Crippen LogP contribution in [-0.4, -0.2) is 32.7 Å². The monoisotopic (exact) mass is 331 g/mol. The number of aliphatic carboxylic acids is 1. The molecule has 2 N–H and O–H groups in total. The number of aromatic nitrogens is 2. The van der Waals surface area contributed by atoms with E-state index in [0.717, 1.165) is 5.56 Å². The zero-order valence-corrected chi connectivity index (χ0v) is 14.0. The van der Waals surface area contributed by atoms with Crippen LogP contribution >= 0.6 is 0 Å². The minimum Gasteiger partial charge on any atom is -0.481 e. The minimum absolute atomic E-state index is 0.106. The van der Waals surface area contributed by atoms with Gasteiger partial charge in [0.15, 0.2) is 0 Å². The molecule has 24 heavy (non-hydrogen) atoms. The molecule has 0 bridgehead atoms. The highest BCUT2D eigenvalue weighted by molar-refractivity contribution is 5.95. The smallest absolute Gasteiger partial charge is 0.305 e. The number of hydrogen-bond acceptors (Lipinski definition) is 5. The largest absolute Gasteiger partial charge is 0.481 e. The van der Waals surface area contributed by atoms with Crippen LogP contribution in [0.25, 0.3) is 11.5 Å². The van der Waals surface area contributed by atoms with Crippen molar-refractivity contribution in [2.45, 2.75) is 45.6 Å². The zero-order valence-electron chi connectivity index (χ0n) is 14.0. The number of carboxylic acids is 1. The van der Waals surface area contributed by atoms with Gasteiger partial charge in [0, 0.05) is 18.1 Å². The Labute approximate surface area is 140 Å². The number of carboxylic acid groups (broad SMARTS) is 1. The molecule has 128 valence electrons. The molecule has 0 aliphatic rings. The first-order valence-corrected chi connectivity index (χ1v) is 7.84. The average Bonchev–Trinajstić information content (AvgIpc) is 3.00. The van der Waals surface area contributed by atoms with Crippen LogP contribution in [0.2, 0.25) is 0 Å². The summed E-state index contributed by atoms with van der Waals surface area (Å²) in [6.07, 6.45) is 0.979. The number of benzene rings is 1. The molecule has 0 aliphatic carbocycles. The van der Waals surface area contributed by atoms with E-state index in [1.165, 1.54) is 0 Å². The molecule has 0 unspecified atom stereocenters. The number of rotatable bonds is 7. The second-order valence-corrected chi connectivity index (χ2v) is 5.72. The van der Waals surface area contributed by atoms with Crippen LogP contribution in [-0.2, 0) is 4.79 Å². The van der Waals surface area contributed by atoms with Crippen molar-refractivity contribution in [1.82, 2.24) is 15.5 Å². The first-order chi connectivity index (χ1) is 11.4. The fourth-order valence-corrected chi connectivity index (χ4v) is 2.50. The van der Waals surface area contributed by atoms with Crippen LogP contribution in [0.15, 0.2) is 28.7 Å². The Morgan fingerprint density at radius 1 is 1.17 bits per heavy atom. The quantitative estimate of drug-likeness (QED) is 0.808. The van der Waals surface area contributed by atoms with E-state index in [2.05, 4.69) is 15.5 Å². The molecule has 1 amide bonds.